The Labute approximate surface area is 157 Å². The molecule has 0 aliphatic rings. The lowest BCUT2D eigenvalue weighted by molar-refractivity contribution is 0.171. The number of nitrogens with one attached hydrogen (secondary N) is 1. The summed E-state index contributed by atoms with van der Waals surface area (Å²) < 4.78 is 26.2. The predicted octanol–water partition coefficient (Wildman–Crippen LogP) is 2.85. The highest BCUT2D eigenvalue weighted by molar-refractivity contribution is 5.82. The van der Waals surface area contributed by atoms with Gasteiger partial charge < -0.3 is 23.7 Å². The smallest absolute Gasteiger partial charge is 0.427 e. The highest BCUT2D eigenvalue weighted by Crippen LogP contribution is 2.27. The molecular formula is C19H22N2O6. The summed E-state index contributed by atoms with van der Waals surface area (Å²) >= 11 is 0. The molecule has 1 amide bonds. The zero-order valence-electron chi connectivity index (χ0n) is 15.4. The molecule has 0 unspecified atom stereocenters. The van der Waals surface area contributed by atoms with Crippen LogP contribution in [0.15, 0.2) is 47.6 Å². The molecule has 0 spiro atoms. The predicted molar refractivity (Wildman–Crippen MR) is 100 cm³/mol. The number of hydrogen-bond acceptors (Lipinski definition) is 7. The summed E-state index contributed by atoms with van der Waals surface area (Å²) in [6.07, 6.45) is 0.823. The molecule has 0 heterocycles. The first kappa shape index (κ1) is 19.9. The topological polar surface area (TPSA) is 87.6 Å². The van der Waals surface area contributed by atoms with Crippen molar-refractivity contribution in [3.05, 3.63) is 48.0 Å². The Morgan fingerprint density at radius 2 is 1.74 bits per heavy atom. The van der Waals surface area contributed by atoms with E-state index in [1.807, 2.05) is 18.2 Å². The third-order valence-corrected chi connectivity index (χ3v) is 3.39. The first-order chi connectivity index (χ1) is 13.2. The summed E-state index contributed by atoms with van der Waals surface area (Å²) in [5, 5.41) is 3.76. The summed E-state index contributed by atoms with van der Waals surface area (Å²) in [6.45, 7) is 0.702. The number of carbonyl (C=O) groups excluding carboxylic acids is 1. The summed E-state index contributed by atoms with van der Waals surface area (Å²) in [4.78, 5) is 11.0. The van der Waals surface area contributed by atoms with Crippen molar-refractivity contribution in [2.75, 3.05) is 34.5 Å². The minimum Gasteiger partial charge on any atom is -0.497 e. The van der Waals surface area contributed by atoms with Gasteiger partial charge in [0.15, 0.2) is 11.5 Å². The van der Waals surface area contributed by atoms with E-state index in [9.17, 15) is 4.79 Å². The molecule has 0 aliphatic heterocycles. The van der Waals surface area contributed by atoms with Gasteiger partial charge in [0, 0.05) is 6.07 Å². The van der Waals surface area contributed by atoms with Crippen molar-refractivity contribution >= 4 is 12.3 Å². The Morgan fingerprint density at radius 1 is 0.963 bits per heavy atom. The normalized spacial score (nSPS) is 10.3. The summed E-state index contributed by atoms with van der Waals surface area (Å²) in [7, 11) is 4.41. The first-order valence-corrected chi connectivity index (χ1v) is 8.11. The highest BCUT2D eigenvalue weighted by atomic mass is 16.5. The van der Waals surface area contributed by atoms with Gasteiger partial charge in [-0.15, -0.1) is 0 Å². The fourth-order valence-electron chi connectivity index (χ4n) is 2.09. The molecular weight excluding hydrogens is 352 g/mol. The first-order valence-electron chi connectivity index (χ1n) is 8.11. The van der Waals surface area contributed by atoms with E-state index < -0.39 is 6.09 Å². The summed E-state index contributed by atoms with van der Waals surface area (Å²) in [6, 6.07) is 12.6. The van der Waals surface area contributed by atoms with Crippen LogP contribution in [-0.4, -0.2) is 46.9 Å². The van der Waals surface area contributed by atoms with Crippen molar-refractivity contribution in [1.29, 1.82) is 0 Å². The zero-order valence-corrected chi connectivity index (χ0v) is 15.4. The van der Waals surface area contributed by atoms with Crippen LogP contribution in [0.1, 0.15) is 5.56 Å². The van der Waals surface area contributed by atoms with Crippen molar-refractivity contribution in [3.63, 3.8) is 0 Å². The number of rotatable bonds is 9. The maximum Gasteiger partial charge on any atom is 0.427 e. The van der Waals surface area contributed by atoms with Crippen LogP contribution >= 0.6 is 0 Å². The van der Waals surface area contributed by atoms with E-state index in [-0.39, 0.29) is 0 Å². The molecule has 144 valence electrons. The number of amides is 1. The van der Waals surface area contributed by atoms with Gasteiger partial charge in [-0.2, -0.15) is 5.10 Å². The average molecular weight is 374 g/mol. The fourth-order valence-corrected chi connectivity index (χ4v) is 2.09. The van der Waals surface area contributed by atoms with Gasteiger partial charge >= 0.3 is 6.09 Å². The van der Waals surface area contributed by atoms with Crippen LogP contribution in [-0.2, 0) is 4.74 Å². The number of methoxy groups -OCH3 is 3. The maximum absolute atomic E-state index is 11.0. The quantitative estimate of drug-likeness (QED) is 0.413. The third-order valence-electron chi connectivity index (χ3n) is 3.39. The molecule has 0 fully saturated rings. The number of ether oxygens (including phenoxy) is 5. The van der Waals surface area contributed by atoms with Crippen molar-refractivity contribution in [1.82, 2.24) is 5.43 Å². The third kappa shape index (κ3) is 6.43. The molecule has 0 bridgehead atoms. The van der Waals surface area contributed by atoms with E-state index in [2.05, 4.69) is 15.3 Å². The van der Waals surface area contributed by atoms with E-state index >= 15 is 0 Å². The van der Waals surface area contributed by atoms with E-state index in [1.54, 1.807) is 38.5 Å². The van der Waals surface area contributed by atoms with Crippen molar-refractivity contribution in [3.8, 4) is 23.0 Å². The lowest BCUT2D eigenvalue weighted by Crippen LogP contribution is -2.16. The number of hydrogen-bond donors (Lipinski definition) is 1. The van der Waals surface area contributed by atoms with Crippen molar-refractivity contribution in [2.45, 2.75) is 0 Å². The molecule has 0 aliphatic carbocycles. The molecule has 0 atom stereocenters. The van der Waals surface area contributed by atoms with E-state index in [0.29, 0.717) is 30.5 Å². The Hall–Kier alpha value is -3.42. The molecule has 8 nitrogen and oxygen atoms in total. The van der Waals surface area contributed by atoms with Gasteiger partial charge in [0.05, 0.1) is 27.5 Å². The second-order valence-electron chi connectivity index (χ2n) is 5.15. The molecule has 8 heteroatoms. The number of hydrazone groups is 1. The second kappa shape index (κ2) is 10.5. The molecule has 2 aromatic carbocycles. The summed E-state index contributed by atoms with van der Waals surface area (Å²) in [5.41, 5.74) is 2.93. The van der Waals surface area contributed by atoms with Gasteiger partial charge in [0.1, 0.15) is 24.7 Å². The van der Waals surface area contributed by atoms with Gasteiger partial charge in [-0.1, -0.05) is 6.07 Å². The van der Waals surface area contributed by atoms with Gasteiger partial charge in [0.2, 0.25) is 0 Å². The molecule has 2 aromatic rings. The number of benzene rings is 2. The van der Waals surface area contributed by atoms with Crippen LogP contribution in [0.5, 0.6) is 23.0 Å². The van der Waals surface area contributed by atoms with Crippen LogP contribution in [0.3, 0.4) is 0 Å². The van der Waals surface area contributed by atoms with Gasteiger partial charge in [0.25, 0.3) is 0 Å². The Bertz CT molecular complexity index is 779. The number of carbonyl (C=O) groups is 1. The van der Waals surface area contributed by atoms with Crippen LogP contribution < -0.4 is 24.4 Å². The van der Waals surface area contributed by atoms with Crippen LogP contribution in [0.25, 0.3) is 0 Å². The van der Waals surface area contributed by atoms with Gasteiger partial charge in [-0.05, 0) is 35.9 Å². The van der Waals surface area contributed by atoms with Crippen LogP contribution in [0.4, 0.5) is 4.79 Å². The zero-order chi connectivity index (χ0) is 19.5. The minimum absolute atomic E-state index is 0.338. The number of nitrogens with zero attached hydrogens (tertiary/aromatic N) is 1. The standard InChI is InChI=1S/C19H22N2O6/c1-23-15-5-4-6-16(12-15)26-9-10-27-17-8-7-14(11-18(17)24-2)13-20-21-19(22)25-3/h4-8,11-13H,9-10H2,1-3H3,(H,21,22). The Kier molecular flexibility index (Phi) is 7.77. The van der Waals surface area contributed by atoms with Crippen LogP contribution in [0, 0.1) is 0 Å². The minimum atomic E-state index is -0.644. The molecule has 1 N–H and O–H groups in total. The van der Waals surface area contributed by atoms with Crippen molar-refractivity contribution < 1.29 is 28.5 Å². The fraction of sp³-hybridized carbons (Fsp3) is 0.263. The molecule has 0 aromatic heterocycles. The molecule has 2 rings (SSSR count). The highest BCUT2D eigenvalue weighted by Gasteiger charge is 2.06. The Balaban J connectivity index is 1.87. The van der Waals surface area contributed by atoms with Crippen molar-refractivity contribution in [2.24, 2.45) is 5.10 Å². The van der Waals surface area contributed by atoms with E-state index in [4.69, 9.17) is 18.9 Å². The van der Waals surface area contributed by atoms with Gasteiger partial charge in [-0.3, -0.25) is 0 Å². The summed E-state index contributed by atoms with van der Waals surface area (Å²) in [5.74, 6) is 2.55. The average Bonchev–Trinajstić information content (AvgIpc) is 2.71. The molecule has 0 saturated heterocycles. The molecule has 0 radical (unpaired) electrons. The largest absolute Gasteiger partial charge is 0.497 e. The monoisotopic (exact) mass is 374 g/mol. The molecule has 0 saturated carbocycles. The maximum atomic E-state index is 11.0. The lowest BCUT2D eigenvalue weighted by atomic mass is 10.2. The van der Waals surface area contributed by atoms with E-state index in [0.717, 1.165) is 11.3 Å². The van der Waals surface area contributed by atoms with E-state index in [1.165, 1.54) is 13.3 Å². The van der Waals surface area contributed by atoms with Crippen LogP contribution in [0.2, 0.25) is 0 Å². The second-order valence-corrected chi connectivity index (χ2v) is 5.15. The lowest BCUT2D eigenvalue weighted by Gasteiger charge is -2.12. The molecule has 27 heavy (non-hydrogen) atoms. The van der Waals surface area contributed by atoms with Gasteiger partial charge in [-0.25, -0.2) is 10.2 Å². The Morgan fingerprint density at radius 3 is 2.48 bits per heavy atom. The SMILES string of the molecule is COC(=O)NN=Cc1ccc(OCCOc2cccc(OC)c2)c(OC)c1.